The highest BCUT2D eigenvalue weighted by Gasteiger charge is 2.34. The summed E-state index contributed by atoms with van der Waals surface area (Å²) in [7, 11) is 1.92. The molecule has 1 N–H and O–H groups in total. The highest BCUT2D eigenvalue weighted by atomic mass is 16.7. The van der Waals surface area contributed by atoms with Crippen LogP contribution in [0.1, 0.15) is 17.0 Å². The Kier molecular flexibility index (Phi) is 3.50. The number of aliphatic hydroxyl groups is 1. The number of benzene rings is 2. The standard InChI is InChI=1S/C19H18N2O3/c1-21-10-9-20-18(21)12-19(22,14-5-3-2-4-6-14)15-7-8-16-17(11-15)24-13-23-16/h2-11,22H,12-13H2,1H3/t19-/m0/s1. The average molecular weight is 322 g/mol. The number of imidazole rings is 1. The van der Waals surface area contributed by atoms with Crippen molar-refractivity contribution >= 4 is 0 Å². The zero-order valence-corrected chi connectivity index (χ0v) is 13.3. The molecule has 2 aromatic carbocycles. The predicted octanol–water partition coefficient (Wildman–Crippen LogP) is 2.63. The van der Waals surface area contributed by atoms with Gasteiger partial charge >= 0.3 is 0 Å². The fourth-order valence-corrected chi connectivity index (χ4v) is 3.03. The number of hydrogen-bond acceptors (Lipinski definition) is 4. The van der Waals surface area contributed by atoms with E-state index in [1.807, 2.05) is 66.3 Å². The number of ether oxygens (including phenoxy) is 2. The van der Waals surface area contributed by atoms with Gasteiger partial charge in [0.2, 0.25) is 6.79 Å². The van der Waals surface area contributed by atoms with Gasteiger partial charge in [0.15, 0.2) is 11.5 Å². The minimum atomic E-state index is -1.21. The van der Waals surface area contributed by atoms with Gasteiger partial charge in [-0.3, -0.25) is 0 Å². The molecular weight excluding hydrogens is 304 g/mol. The topological polar surface area (TPSA) is 56.5 Å². The van der Waals surface area contributed by atoms with E-state index >= 15 is 0 Å². The zero-order chi connectivity index (χ0) is 16.6. The highest BCUT2D eigenvalue weighted by Crippen LogP contribution is 2.39. The Bertz CT molecular complexity index is 860. The van der Waals surface area contributed by atoms with Crippen LogP contribution in [-0.2, 0) is 19.1 Å². The lowest BCUT2D eigenvalue weighted by Crippen LogP contribution is -2.31. The van der Waals surface area contributed by atoms with Crippen LogP contribution in [0.4, 0.5) is 0 Å². The maximum atomic E-state index is 11.6. The van der Waals surface area contributed by atoms with Crippen molar-refractivity contribution in [2.45, 2.75) is 12.0 Å². The Morgan fingerprint density at radius 1 is 1.08 bits per heavy atom. The molecule has 0 aliphatic carbocycles. The summed E-state index contributed by atoms with van der Waals surface area (Å²) in [6.45, 7) is 0.210. The van der Waals surface area contributed by atoms with Crippen molar-refractivity contribution in [1.29, 1.82) is 0 Å². The molecule has 122 valence electrons. The van der Waals surface area contributed by atoms with Gasteiger partial charge in [-0.1, -0.05) is 36.4 Å². The molecule has 3 aromatic rings. The summed E-state index contributed by atoms with van der Waals surface area (Å²) in [6.07, 6.45) is 3.97. The van der Waals surface area contributed by atoms with E-state index in [2.05, 4.69) is 4.98 Å². The molecule has 0 spiro atoms. The summed E-state index contributed by atoms with van der Waals surface area (Å²) in [5.41, 5.74) is 0.356. The SMILES string of the molecule is Cn1ccnc1C[C@](O)(c1ccccc1)c1ccc2c(c1)OCO2. The molecule has 1 aliphatic heterocycles. The average Bonchev–Trinajstić information content (AvgIpc) is 3.24. The Morgan fingerprint density at radius 3 is 2.62 bits per heavy atom. The largest absolute Gasteiger partial charge is 0.454 e. The molecule has 5 nitrogen and oxygen atoms in total. The van der Waals surface area contributed by atoms with Gasteiger partial charge in [-0.15, -0.1) is 0 Å². The second-order valence-corrected chi connectivity index (χ2v) is 5.93. The first-order chi connectivity index (χ1) is 11.7. The van der Waals surface area contributed by atoms with E-state index in [1.54, 1.807) is 6.20 Å². The third-order valence-corrected chi connectivity index (χ3v) is 4.44. The highest BCUT2D eigenvalue weighted by molar-refractivity contribution is 5.49. The van der Waals surface area contributed by atoms with Gasteiger partial charge in [0.05, 0.1) is 0 Å². The number of aromatic nitrogens is 2. The molecular formula is C19H18N2O3. The van der Waals surface area contributed by atoms with Gasteiger partial charge in [-0.2, -0.15) is 0 Å². The van der Waals surface area contributed by atoms with Gasteiger partial charge in [0.1, 0.15) is 11.4 Å². The molecule has 0 saturated heterocycles. The molecule has 1 atom stereocenters. The summed E-state index contributed by atoms with van der Waals surface area (Å²) in [5.74, 6) is 2.16. The molecule has 2 heterocycles. The van der Waals surface area contributed by atoms with Crippen molar-refractivity contribution in [3.63, 3.8) is 0 Å². The molecule has 0 saturated carbocycles. The number of hydrogen-bond donors (Lipinski definition) is 1. The normalized spacial score (nSPS) is 15.2. The van der Waals surface area contributed by atoms with Crippen LogP contribution < -0.4 is 9.47 Å². The van der Waals surface area contributed by atoms with E-state index in [0.29, 0.717) is 17.9 Å². The van der Waals surface area contributed by atoms with Crippen LogP contribution in [0.2, 0.25) is 0 Å². The molecule has 1 aliphatic rings. The van der Waals surface area contributed by atoms with Gasteiger partial charge in [-0.05, 0) is 23.3 Å². The van der Waals surface area contributed by atoms with Crippen molar-refractivity contribution in [3.8, 4) is 11.5 Å². The Morgan fingerprint density at radius 2 is 1.88 bits per heavy atom. The molecule has 0 bridgehead atoms. The number of fused-ring (bicyclic) bond motifs is 1. The van der Waals surface area contributed by atoms with Gasteiger partial charge in [-0.25, -0.2) is 4.98 Å². The van der Waals surface area contributed by atoms with Crippen LogP contribution in [0.3, 0.4) is 0 Å². The van der Waals surface area contributed by atoms with Crippen molar-refractivity contribution in [2.24, 2.45) is 7.05 Å². The summed E-state index contributed by atoms with van der Waals surface area (Å²) in [5, 5.41) is 11.6. The maximum absolute atomic E-state index is 11.6. The fraction of sp³-hybridized carbons (Fsp3) is 0.211. The van der Waals surface area contributed by atoms with Gasteiger partial charge in [0, 0.05) is 25.9 Å². The second-order valence-electron chi connectivity index (χ2n) is 5.93. The first kappa shape index (κ1) is 14.8. The lowest BCUT2D eigenvalue weighted by atomic mass is 9.83. The minimum absolute atomic E-state index is 0.210. The van der Waals surface area contributed by atoms with Gasteiger partial charge < -0.3 is 19.1 Å². The lowest BCUT2D eigenvalue weighted by molar-refractivity contribution is 0.0779. The van der Waals surface area contributed by atoms with Crippen LogP contribution in [0.5, 0.6) is 11.5 Å². The first-order valence-electron chi connectivity index (χ1n) is 7.81. The van der Waals surface area contributed by atoms with Gasteiger partial charge in [0.25, 0.3) is 0 Å². The van der Waals surface area contributed by atoms with Crippen molar-refractivity contribution in [1.82, 2.24) is 9.55 Å². The lowest BCUT2D eigenvalue weighted by Gasteiger charge is -2.29. The maximum Gasteiger partial charge on any atom is 0.231 e. The Labute approximate surface area is 140 Å². The molecule has 0 unspecified atom stereocenters. The van der Waals surface area contributed by atoms with Crippen LogP contribution in [-0.4, -0.2) is 21.5 Å². The van der Waals surface area contributed by atoms with Crippen LogP contribution >= 0.6 is 0 Å². The fourth-order valence-electron chi connectivity index (χ4n) is 3.03. The van der Waals surface area contributed by atoms with E-state index in [0.717, 1.165) is 17.0 Å². The number of nitrogens with zero attached hydrogens (tertiary/aromatic N) is 2. The molecule has 0 radical (unpaired) electrons. The Hall–Kier alpha value is -2.79. The van der Waals surface area contributed by atoms with E-state index < -0.39 is 5.60 Å². The van der Waals surface area contributed by atoms with Crippen LogP contribution in [0, 0.1) is 0 Å². The predicted molar refractivity (Wildman–Crippen MR) is 88.9 cm³/mol. The third kappa shape index (κ3) is 2.43. The first-order valence-corrected chi connectivity index (χ1v) is 7.81. The second kappa shape index (κ2) is 5.69. The molecule has 5 heteroatoms. The smallest absolute Gasteiger partial charge is 0.231 e. The van der Waals surface area contributed by atoms with Crippen LogP contribution in [0.25, 0.3) is 0 Å². The van der Waals surface area contributed by atoms with E-state index in [4.69, 9.17) is 9.47 Å². The molecule has 24 heavy (non-hydrogen) atoms. The van der Waals surface area contributed by atoms with E-state index in [-0.39, 0.29) is 6.79 Å². The van der Waals surface area contributed by atoms with E-state index in [1.165, 1.54) is 0 Å². The summed E-state index contributed by atoms with van der Waals surface area (Å²) in [6, 6.07) is 15.2. The third-order valence-electron chi connectivity index (χ3n) is 4.44. The molecule has 1 aromatic heterocycles. The molecule has 0 fully saturated rings. The van der Waals surface area contributed by atoms with E-state index in [9.17, 15) is 5.11 Å². The summed E-state index contributed by atoms with van der Waals surface area (Å²) in [4.78, 5) is 4.37. The Balaban J connectivity index is 1.83. The van der Waals surface area contributed by atoms with Crippen LogP contribution in [0.15, 0.2) is 60.9 Å². The van der Waals surface area contributed by atoms with Crippen molar-refractivity contribution in [3.05, 3.63) is 77.9 Å². The summed E-state index contributed by atoms with van der Waals surface area (Å²) < 4.78 is 12.8. The summed E-state index contributed by atoms with van der Waals surface area (Å²) >= 11 is 0. The molecule has 4 rings (SSSR count). The molecule has 0 amide bonds. The zero-order valence-electron chi connectivity index (χ0n) is 13.3. The minimum Gasteiger partial charge on any atom is -0.454 e. The number of aryl methyl sites for hydroxylation is 1. The quantitative estimate of drug-likeness (QED) is 0.802. The number of rotatable bonds is 4. The van der Waals surface area contributed by atoms with Crippen molar-refractivity contribution in [2.75, 3.05) is 6.79 Å². The van der Waals surface area contributed by atoms with Crippen molar-refractivity contribution < 1.29 is 14.6 Å². The monoisotopic (exact) mass is 322 g/mol.